The predicted octanol–water partition coefficient (Wildman–Crippen LogP) is 5.53. The third-order valence-electron chi connectivity index (χ3n) is 5.56. The molecule has 0 aliphatic carbocycles. The molecule has 0 fully saturated rings. The molecule has 12 heteroatoms. The summed E-state index contributed by atoms with van der Waals surface area (Å²) in [5, 5.41) is 29.1. The van der Waals surface area contributed by atoms with Crippen molar-refractivity contribution in [2.75, 3.05) is 26.9 Å². The third kappa shape index (κ3) is 19.5. The number of hydrogen-bond acceptors (Lipinski definition) is 9. The lowest BCUT2D eigenvalue weighted by Gasteiger charge is -2.32. The zero-order chi connectivity index (χ0) is 35.0. The van der Waals surface area contributed by atoms with Gasteiger partial charge in [0.2, 0.25) is 0 Å². The van der Waals surface area contributed by atoms with Crippen LogP contribution in [0.4, 0.5) is 0 Å². The molecule has 0 saturated carbocycles. The molecule has 250 valence electrons. The summed E-state index contributed by atoms with van der Waals surface area (Å²) in [7, 11) is 1.53. The van der Waals surface area contributed by atoms with Gasteiger partial charge in [-0.2, -0.15) is 0 Å². The van der Waals surface area contributed by atoms with E-state index >= 15 is 0 Å². The molecular weight excluding hydrogens is 620 g/mol. The average Bonchev–Trinajstić information content (AvgIpc) is 3.46. The molecule has 1 heterocycles. The number of amides is 1. The molecule has 10 nitrogen and oxygen atoms in total. The number of carboxylic acid groups (broad SMARTS) is 1. The first-order valence-electron chi connectivity index (χ1n) is 13.9. The topological polar surface area (TPSA) is 146 Å². The van der Waals surface area contributed by atoms with Crippen LogP contribution in [-0.2, 0) is 25.5 Å². The van der Waals surface area contributed by atoms with Gasteiger partial charge in [-0.25, -0.2) is 4.98 Å². The first-order chi connectivity index (χ1) is 21.3. The standard InChI is InChI=1S/C26H35ClN2O6S.C5H10O2.C2H2/c1-6-9-18(3)35-22(14-21(31)24-28-20(15-36-24)13-23(32)33)25(34)29(16-26(4,5)17-30)12-8-11-19(27)10-7-2;1-3-5(4-6)7-2;1-2/h6-8,10-12,15,18,22,30H,1,9,13-14,16-17H2,2-5H3,(H,32,33);3,6H,4H2,1-2H3;1-2H/b10-7-,12-8+,19-11+;5-3+;/t18?,22-;;/m1../s1. The molecule has 0 spiro atoms. The quantitative estimate of drug-likeness (QED) is 0.0605. The highest BCUT2D eigenvalue weighted by Gasteiger charge is 2.32. The van der Waals surface area contributed by atoms with Crippen molar-refractivity contribution in [2.45, 2.75) is 66.1 Å². The van der Waals surface area contributed by atoms with Gasteiger partial charge >= 0.3 is 5.97 Å². The number of thiazole rings is 1. The molecule has 1 amide bonds. The first kappa shape index (κ1) is 43.6. The molecule has 0 aliphatic rings. The van der Waals surface area contributed by atoms with Crippen LogP contribution >= 0.6 is 22.9 Å². The Balaban J connectivity index is 0. The highest BCUT2D eigenvalue weighted by Crippen LogP contribution is 2.21. The van der Waals surface area contributed by atoms with Gasteiger partial charge in [0.25, 0.3) is 5.91 Å². The molecule has 0 saturated heterocycles. The van der Waals surface area contributed by atoms with Crippen LogP contribution in [0.15, 0.2) is 65.4 Å². The number of rotatable bonds is 18. The molecule has 1 aromatic heterocycles. The summed E-state index contributed by atoms with van der Waals surface area (Å²) in [6.45, 7) is 12.7. The molecule has 3 N–H and O–H groups in total. The highest BCUT2D eigenvalue weighted by molar-refractivity contribution is 7.11. The van der Waals surface area contributed by atoms with Crippen molar-refractivity contribution in [1.82, 2.24) is 9.88 Å². The van der Waals surface area contributed by atoms with Crippen LogP contribution in [0.5, 0.6) is 0 Å². The number of aliphatic hydroxyl groups is 2. The molecule has 0 radical (unpaired) electrons. The van der Waals surface area contributed by atoms with Gasteiger partial charge in [0, 0.05) is 41.6 Å². The number of hydrogen-bond donors (Lipinski definition) is 3. The Morgan fingerprint density at radius 1 is 1.24 bits per heavy atom. The van der Waals surface area contributed by atoms with E-state index in [1.807, 2.05) is 27.7 Å². The molecule has 45 heavy (non-hydrogen) atoms. The van der Waals surface area contributed by atoms with Crippen LogP contribution in [-0.4, -0.2) is 81.9 Å². The van der Waals surface area contributed by atoms with E-state index in [1.165, 1.54) is 17.4 Å². The first-order valence-corrected chi connectivity index (χ1v) is 15.2. The number of allylic oxidation sites excluding steroid dienone is 6. The Morgan fingerprint density at radius 3 is 2.36 bits per heavy atom. The van der Waals surface area contributed by atoms with Gasteiger partial charge in [-0.15, -0.1) is 30.8 Å². The van der Waals surface area contributed by atoms with E-state index in [0.29, 0.717) is 17.2 Å². The fourth-order valence-corrected chi connectivity index (χ4v) is 4.29. The highest BCUT2D eigenvalue weighted by atomic mass is 35.5. The minimum atomic E-state index is -1.13. The number of carboxylic acids is 1. The number of Topliss-reactive ketones (excluding diaryl/α,β-unsaturated/α-hetero) is 1. The molecule has 0 aromatic carbocycles. The SMILES string of the molecule is C#C.C/C=C(\CO)OC.C=CCC(C)O[C@H](CC(=O)c1nc(CC(=O)O)cs1)C(=O)N(/C=C/C=C(Cl)\C=C/C)CC(C)(C)CO. The lowest BCUT2D eigenvalue weighted by atomic mass is 9.94. The summed E-state index contributed by atoms with van der Waals surface area (Å²) >= 11 is 7.13. The van der Waals surface area contributed by atoms with Crippen molar-refractivity contribution in [2.24, 2.45) is 5.41 Å². The minimum absolute atomic E-state index is 0.00694. The Morgan fingerprint density at radius 2 is 1.89 bits per heavy atom. The fraction of sp³-hybridized carbons (Fsp3) is 0.455. The van der Waals surface area contributed by atoms with E-state index in [2.05, 4.69) is 29.1 Å². The average molecular weight is 667 g/mol. The summed E-state index contributed by atoms with van der Waals surface area (Å²) < 4.78 is 10.6. The summed E-state index contributed by atoms with van der Waals surface area (Å²) in [5.74, 6) is -1.33. The number of aromatic nitrogens is 1. The number of nitrogens with zero attached hydrogens (tertiary/aromatic N) is 2. The van der Waals surface area contributed by atoms with E-state index < -0.39 is 29.2 Å². The van der Waals surface area contributed by atoms with Gasteiger partial charge in [0.15, 0.2) is 10.8 Å². The molecule has 1 aromatic rings. The lowest BCUT2D eigenvalue weighted by Crippen LogP contribution is -2.44. The monoisotopic (exact) mass is 666 g/mol. The van der Waals surface area contributed by atoms with Crippen molar-refractivity contribution in [1.29, 1.82) is 0 Å². The number of aliphatic carboxylic acids is 1. The normalized spacial score (nSPS) is 13.2. The van der Waals surface area contributed by atoms with Gasteiger partial charge in [-0.3, -0.25) is 14.4 Å². The Labute approximate surface area is 276 Å². The van der Waals surface area contributed by atoms with Crippen LogP contribution in [0.2, 0.25) is 0 Å². The zero-order valence-electron chi connectivity index (χ0n) is 26.9. The van der Waals surface area contributed by atoms with Gasteiger partial charge in [-0.05, 0) is 51.5 Å². The number of carbonyl (C=O) groups is 3. The van der Waals surface area contributed by atoms with Gasteiger partial charge in [0.05, 0.1) is 25.3 Å². The molecule has 0 aliphatic heterocycles. The van der Waals surface area contributed by atoms with E-state index in [0.717, 1.165) is 11.3 Å². The van der Waals surface area contributed by atoms with Crippen LogP contribution in [0.3, 0.4) is 0 Å². The number of ketones is 1. The second-order valence-electron chi connectivity index (χ2n) is 10.1. The van der Waals surface area contributed by atoms with Crippen molar-refractivity contribution in [3.63, 3.8) is 0 Å². The van der Waals surface area contributed by atoms with Crippen molar-refractivity contribution in [3.8, 4) is 12.8 Å². The van der Waals surface area contributed by atoms with Gasteiger partial charge in [0.1, 0.15) is 18.5 Å². The third-order valence-corrected chi connectivity index (χ3v) is 6.74. The fourth-order valence-electron chi connectivity index (χ4n) is 3.32. The van der Waals surface area contributed by atoms with Crippen molar-refractivity contribution < 1.29 is 39.2 Å². The molecular formula is C33H47ClN2O8S. The largest absolute Gasteiger partial charge is 0.499 e. The second-order valence-corrected chi connectivity index (χ2v) is 11.4. The minimum Gasteiger partial charge on any atom is -0.499 e. The number of carbonyl (C=O) groups excluding carboxylic acids is 2. The number of halogens is 1. The number of methoxy groups -OCH3 is 1. The molecule has 0 bridgehead atoms. The molecule has 2 atom stereocenters. The maximum atomic E-state index is 13.6. The number of aliphatic hydroxyl groups excluding tert-OH is 2. The smallest absolute Gasteiger partial charge is 0.309 e. The van der Waals surface area contributed by atoms with Crippen molar-refractivity contribution in [3.05, 3.63) is 76.1 Å². The van der Waals surface area contributed by atoms with E-state index in [-0.39, 0.29) is 49.4 Å². The maximum Gasteiger partial charge on any atom is 0.309 e. The molecule has 1 rings (SSSR count). The summed E-state index contributed by atoms with van der Waals surface area (Å²) in [5.41, 5.74) is -0.349. The van der Waals surface area contributed by atoms with E-state index in [1.54, 1.807) is 49.6 Å². The Kier molecular flexibility index (Phi) is 24.0. The van der Waals surface area contributed by atoms with Gasteiger partial charge < -0.3 is 29.7 Å². The van der Waals surface area contributed by atoms with E-state index in [4.69, 9.17) is 26.6 Å². The number of terminal acetylenes is 1. The number of ether oxygens (including phenoxy) is 2. The summed E-state index contributed by atoms with van der Waals surface area (Å²) in [6, 6.07) is 0. The van der Waals surface area contributed by atoms with E-state index in [9.17, 15) is 19.5 Å². The Bertz CT molecular complexity index is 1190. The van der Waals surface area contributed by atoms with Crippen LogP contribution in [0.1, 0.15) is 63.0 Å². The second kappa shape index (κ2) is 24.8. The maximum absolute atomic E-state index is 13.6. The summed E-state index contributed by atoms with van der Waals surface area (Å²) in [6.07, 6.45) is 18.0. The van der Waals surface area contributed by atoms with Crippen LogP contribution < -0.4 is 0 Å². The Hall–Kier alpha value is -3.53. The predicted molar refractivity (Wildman–Crippen MR) is 180 cm³/mol. The van der Waals surface area contributed by atoms with Crippen LogP contribution in [0.25, 0.3) is 0 Å². The van der Waals surface area contributed by atoms with Crippen molar-refractivity contribution >= 4 is 40.6 Å². The molecule has 1 unspecified atom stereocenters. The lowest BCUT2D eigenvalue weighted by molar-refractivity contribution is -0.145. The zero-order valence-corrected chi connectivity index (χ0v) is 28.5. The van der Waals surface area contributed by atoms with Crippen LogP contribution in [0, 0.1) is 18.3 Å². The van der Waals surface area contributed by atoms with Gasteiger partial charge in [-0.1, -0.05) is 37.6 Å². The summed E-state index contributed by atoms with van der Waals surface area (Å²) in [4.78, 5) is 43.0.